The minimum atomic E-state index is -0.360. The number of amides is 1. The lowest BCUT2D eigenvalue weighted by Gasteiger charge is -2.11. The molecule has 42 heavy (non-hydrogen) atoms. The Bertz CT molecular complexity index is 2020. The molecule has 0 aliphatic carbocycles. The maximum Gasteiger partial charge on any atom is 0.282 e. The maximum atomic E-state index is 13.5. The Morgan fingerprint density at radius 3 is 2.64 bits per heavy atom. The molecule has 0 atom stereocenters. The molecule has 10 heteroatoms. The van der Waals surface area contributed by atoms with Crippen molar-refractivity contribution in [1.82, 2.24) is 9.66 Å². The van der Waals surface area contributed by atoms with E-state index in [1.807, 2.05) is 24.3 Å². The molecule has 0 saturated carbocycles. The van der Waals surface area contributed by atoms with E-state index in [9.17, 15) is 9.59 Å². The van der Waals surface area contributed by atoms with E-state index in [4.69, 9.17) is 30.5 Å². The number of carbonyl (C=O) groups is 1. The first-order chi connectivity index (χ1) is 20.5. The number of hydrogen-bond acceptors (Lipinski definition) is 7. The third-order valence-corrected chi connectivity index (χ3v) is 6.61. The van der Waals surface area contributed by atoms with Crippen molar-refractivity contribution in [2.75, 3.05) is 19.0 Å². The highest BCUT2D eigenvalue weighted by Gasteiger charge is 2.17. The Balaban J connectivity index is 1.30. The van der Waals surface area contributed by atoms with Crippen LogP contribution in [0, 0.1) is 0 Å². The summed E-state index contributed by atoms with van der Waals surface area (Å²) in [6, 6.07) is 28.3. The summed E-state index contributed by atoms with van der Waals surface area (Å²) in [5, 5.41) is 9.00. The fourth-order valence-electron chi connectivity index (χ4n) is 4.38. The molecule has 2 heterocycles. The van der Waals surface area contributed by atoms with Crippen LogP contribution in [-0.4, -0.2) is 35.5 Å². The van der Waals surface area contributed by atoms with Gasteiger partial charge in [0.25, 0.3) is 11.5 Å². The molecule has 2 aromatic heterocycles. The zero-order valence-corrected chi connectivity index (χ0v) is 23.0. The van der Waals surface area contributed by atoms with Crippen molar-refractivity contribution in [2.45, 2.75) is 0 Å². The highest BCUT2D eigenvalue weighted by Crippen LogP contribution is 2.30. The van der Waals surface area contributed by atoms with Gasteiger partial charge in [-0.1, -0.05) is 41.9 Å². The van der Waals surface area contributed by atoms with Crippen LogP contribution in [0.15, 0.2) is 111 Å². The summed E-state index contributed by atoms with van der Waals surface area (Å²) in [4.78, 5) is 30.5. The lowest BCUT2D eigenvalue weighted by atomic mass is 10.2. The van der Waals surface area contributed by atoms with Gasteiger partial charge in [0.1, 0.15) is 5.58 Å². The normalized spacial score (nSPS) is 11.3. The van der Waals surface area contributed by atoms with Crippen LogP contribution in [0.3, 0.4) is 0 Å². The third-order valence-electron chi connectivity index (χ3n) is 6.38. The molecule has 0 saturated heterocycles. The van der Waals surface area contributed by atoms with Gasteiger partial charge in [-0.25, -0.2) is 4.98 Å². The zero-order chi connectivity index (χ0) is 29.1. The molecule has 1 amide bonds. The largest absolute Gasteiger partial charge is 0.493 e. The summed E-state index contributed by atoms with van der Waals surface area (Å²) in [6.07, 6.45) is 1.51. The van der Waals surface area contributed by atoms with Crippen molar-refractivity contribution in [1.29, 1.82) is 0 Å². The molecular formula is C32H23ClN4O5. The number of nitrogens with one attached hydrogen (secondary N) is 1. The number of anilines is 1. The molecular weight excluding hydrogens is 556 g/mol. The van der Waals surface area contributed by atoms with Crippen molar-refractivity contribution in [3.05, 3.63) is 118 Å². The summed E-state index contributed by atoms with van der Waals surface area (Å²) in [5.74, 6) is 1.06. The Labute approximate surface area is 244 Å². The van der Waals surface area contributed by atoms with Gasteiger partial charge < -0.3 is 19.2 Å². The van der Waals surface area contributed by atoms with Gasteiger partial charge in [-0.2, -0.15) is 9.78 Å². The van der Waals surface area contributed by atoms with E-state index in [1.54, 1.807) is 72.8 Å². The van der Waals surface area contributed by atoms with E-state index in [0.717, 1.165) is 5.39 Å². The third kappa shape index (κ3) is 5.59. The number of furan rings is 1. The van der Waals surface area contributed by atoms with Crippen LogP contribution in [0.1, 0.15) is 5.56 Å². The van der Waals surface area contributed by atoms with Crippen LogP contribution in [0.2, 0.25) is 5.02 Å². The maximum absolute atomic E-state index is 13.5. The standard InChI is InChI=1S/C32H23ClN4O5/c1-40-28-15-20(11-13-27(28)41-19-30(38)35-23-7-3-2-4-8-23)18-34-37-31(36-25-10-6-5-9-24(25)32(37)39)29-17-21-16-22(33)12-14-26(21)42-29/h2-18H,19H2,1H3,(H,35,38). The van der Waals surface area contributed by atoms with E-state index < -0.39 is 0 Å². The molecule has 0 fully saturated rings. The Hall–Kier alpha value is -5.41. The molecule has 0 unspecified atom stereocenters. The minimum Gasteiger partial charge on any atom is -0.493 e. The molecule has 4 aromatic carbocycles. The molecule has 9 nitrogen and oxygen atoms in total. The van der Waals surface area contributed by atoms with Crippen LogP contribution < -0.4 is 20.3 Å². The monoisotopic (exact) mass is 578 g/mol. The van der Waals surface area contributed by atoms with E-state index in [1.165, 1.54) is 18.0 Å². The van der Waals surface area contributed by atoms with Gasteiger partial charge in [-0.15, -0.1) is 0 Å². The molecule has 0 bridgehead atoms. The van der Waals surface area contributed by atoms with E-state index in [2.05, 4.69) is 10.4 Å². The van der Waals surface area contributed by atoms with E-state index >= 15 is 0 Å². The number of carbonyl (C=O) groups excluding carboxylic acids is 1. The van der Waals surface area contributed by atoms with Crippen molar-refractivity contribution < 1.29 is 18.7 Å². The smallest absolute Gasteiger partial charge is 0.282 e. The molecule has 0 radical (unpaired) electrons. The van der Waals surface area contributed by atoms with Crippen LogP contribution in [-0.2, 0) is 4.79 Å². The average Bonchev–Trinajstić information content (AvgIpc) is 3.43. The predicted molar refractivity (Wildman–Crippen MR) is 163 cm³/mol. The number of methoxy groups -OCH3 is 1. The van der Waals surface area contributed by atoms with Gasteiger partial charge in [0.05, 0.1) is 24.2 Å². The highest BCUT2D eigenvalue weighted by molar-refractivity contribution is 6.31. The minimum absolute atomic E-state index is 0.205. The number of aromatic nitrogens is 2. The van der Waals surface area contributed by atoms with Crippen molar-refractivity contribution in [3.8, 4) is 23.1 Å². The summed E-state index contributed by atoms with van der Waals surface area (Å²) in [7, 11) is 1.50. The van der Waals surface area contributed by atoms with Gasteiger partial charge in [-0.3, -0.25) is 9.59 Å². The SMILES string of the molecule is COc1cc(C=Nn2c(-c3cc4cc(Cl)ccc4o3)nc3ccccc3c2=O)ccc1OCC(=O)Nc1ccccc1. The Morgan fingerprint density at radius 1 is 1.00 bits per heavy atom. The molecule has 0 spiro atoms. The van der Waals surface area contributed by atoms with Crippen LogP contribution >= 0.6 is 11.6 Å². The summed E-state index contributed by atoms with van der Waals surface area (Å²) in [6.45, 7) is -0.205. The van der Waals surface area contributed by atoms with Crippen LogP contribution in [0.5, 0.6) is 11.5 Å². The van der Waals surface area contributed by atoms with Gasteiger partial charge in [-0.05, 0) is 72.3 Å². The number of hydrogen-bond donors (Lipinski definition) is 1. The van der Waals surface area contributed by atoms with Crippen molar-refractivity contribution in [2.24, 2.45) is 5.10 Å². The number of halogens is 1. The second-order valence-electron chi connectivity index (χ2n) is 9.22. The van der Waals surface area contributed by atoms with Gasteiger partial charge >= 0.3 is 0 Å². The molecule has 6 aromatic rings. The fraction of sp³-hybridized carbons (Fsp3) is 0.0625. The molecule has 208 valence electrons. The number of fused-ring (bicyclic) bond motifs is 2. The Morgan fingerprint density at radius 2 is 1.81 bits per heavy atom. The van der Waals surface area contributed by atoms with Gasteiger partial charge in [0.2, 0.25) is 5.82 Å². The molecule has 6 rings (SSSR count). The first kappa shape index (κ1) is 26.8. The first-order valence-electron chi connectivity index (χ1n) is 12.9. The highest BCUT2D eigenvalue weighted by atomic mass is 35.5. The number of rotatable bonds is 8. The fourth-order valence-corrected chi connectivity index (χ4v) is 4.57. The molecule has 1 N–H and O–H groups in total. The summed E-state index contributed by atoms with van der Waals surface area (Å²) < 4.78 is 18.4. The van der Waals surface area contributed by atoms with Crippen molar-refractivity contribution in [3.63, 3.8) is 0 Å². The zero-order valence-electron chi connectivity index (χ0n) is 22.3. The number of ether oxygens (including phenoxy) is 2. The number of benzene rings is 4. The average molecular weight is 579 g/mol. The molecule has 0 aliphatic heterocycles. The summed E-state index contributed by atoms with van der Waals surface area (Å²) >= 11 is 6.15. The van der Waals surface area contributed by atoms with Crippen molar-refractivity contribution >= 4 is 51.3 Å². The Kier molecular flexibility index (Phi) is 7.40. The second kappa shape index (κ2) is 11.6. The van der Waals surface area contributed by atoms with Crippen LogP contribution in [0.25, 0.3) is 33.5 Å². The quantitative estimate of drug-likeness (QED) is 0.210. The number of para-hydroxylation sites is 2. The molecule has 0 aliphatic rings. The number of nitrogens with zero attached hydrogens (tertiary/aromatic N) is 3. The first-order valence-corrected chi connectivity index (χ1v) is 13.3. The van der Waals surface area contributed by atoms with E-state index in [-0.39, 0.29) is 23.9 Å². The topological polar surface area (TPSA) is 108 Å². The predicted octanol–water partition coefficient (Wildman–Crippen LogP) is 6.37. The van der Waals surface area contributed by atoms with E-state index in [0.29, 0.717) is 50.0 Å². The summed E-state index contributed by atoms with van der Waals surface area (Å²) in [5.41, 5.74) is 2.05. The van der Waals surface area contributed by atoms with Gasteiger partial charge in [0.15, 0.2) is 23.9 Å². The lowest BCUT2D eigenvalue weighted by molar-refractivity contribution is -0.118. The lowest BCUT2D eigenvalue weighted by Crippen LogP contribution is -2.20. The second-order valence-corrected chi connectivity index (χ2v) is 9.66. The van der Waals surface area contributed by atoms with Crippen LogP contribution in [0.4, 0.5) is 5.69 Å². The van der Waals surface area contributed by atoms with Gasteiger partial charge in [0, 0.05) is 16.1 Å².